The van der Waals surface area contributed by atoms with Gasteiger partial charge in [0.1, 0.15) is 17.2 Å². The molecule has 1 aliphatic rings. The summed E-state index contributed by atoms with van der Waals surface area (Å²) in [4.78, 5) is 11.5. The molecular weight excluding hydrogens is 420 g/mol. The zero-order valence-electron chi connectivity index (χ0n) is 16.3. The predicted molar refractivity (Wildman–Crippen MR) is 112 cm³/mol. The highest BCUT2D eigenvalue weighted by molar-refractivity contribution is 7.89. The lowest BCUT2D eigenvalue weighted by Crippen LogP contribution is -2.42. The van der Waals surface area contributed by atoms with Crippen molar-refractivity contribution < 1.29 is 27.8 Å². The highest BCUT2D eigenvalue weighted by Gasteiger charge is 2.38. The summed E-state index contributed by atoms with van der Waals surface area (Å²) in [6.07, 6.45) is -1.71. The number of amides is 1. The van der Waals surface area contributed by atoms with Crippen LogP contribution in [-0.2, 0) is 21.2 Å². The van der Waals surface area contributed by atoms with Crippen molar-refractivity contribution in [1.29, 1.82) is 0 Å². The van der Waals surface area contributed by atoms with Gasteiger partial charge in [-0.05, 0) is 60.5 Å². The van der Waals surface area contributed by atoms with E-state index in [4.69, 9.17) is 15.2 Å². The van der Waals surface area contributed by atoms with E-state index in [2.05, 4.69) is 0 Å². The Morgan fingerprint density at radius 1 is 0.968 bits per heavy atom. The van der Waals surface area contributed by atoms with E-state index in [1.54, 1.807) is 24.3 Å². The van der Waals surface area contributed by atoms with Gasteiger partial charge in [-0.1, -0.05) is 24.3 Å². The van der Waals surface area contributed by atoms with Crippen LogP contribution in [0.15, 0.2) is 77.7 Å². The second-order valence-corrected chi connectivity index (χ2v) is 8.81. The van der Waals surface area contributed by atoms with Crippen LogP contribution >= 0.6 is 0 Å². The first kappa shape index (κ1) is 20.7. The first-order valence-corrected chi connectivity index (χ1v) is 10.9. The summed E-state index contributed by atoms with van der Waals surface area (Å²) in [7, 11) is -3.98. The van der Waals surface area contributed by atoms with Crippen molar-refractivity contribution in [2.45, 2.75) is 17.5 Å². The molecule has 0 bridgehead atoms. The van der Waals surface area contributed by atoms with Crippen molar-refractivity contribution in [2.24, 2.45) is 5.73 Å². The first-order chi connectivity index (χ1) is 14.8. The first-order valence-electron chi connectivity index (χ1n) is 9.47. The third-order valence-corrected chi connectivity index (χ3v) is 6.77. The van der Waals surface area contributed by atoms with Gasteiger partial charge in [0.25, 0.3) is 0 Å². The van der Waals surface area contributed by atoms with E-state index in [1.165, 1.54) is 36.4 Å². The number of carbonyl (C=O) groups is 1. The number of hydrogen-bond acceptors (Lipinski definition) is 6. The van der Waals surface area contributed by atoms with Crippen LogP contribution in [0.5, 0.6) is 17.2 Å². The van der Waals surface area contributed by atoms with E-state index in [0.717, 1.165) is 9.87 Å². The Kier molecular flexibility index (Phi) is 5.53. The van der Waals surface area contributed by atoms with Crippen molar-refractivity contribution in [1.82, 2.24) is 4.31 Å². The number of fused-ring (bicyclic) bond motifs is 1. The summed E-state index contributed by atoms with van der Waals surface area (Å²) in [6.45, 7) is 0.142. The molecule has 0 saturated heterocycles. The fourth-order valence-corrected chi connectivity index (χ4v) is 4.94. The monoisotopic (exact) mass is 440 g/mol. The standard InChI is InChI=1S/C22H20N2O6S/c23-22(26)30-21-20-4-2-1-3-15(20)13-14-24(21)31(27,28)19-11-9-18(10-12-19)29-17-7-5-16(25)6-8-17/h1-12,21,25H,13-14H2,(H2,23,26)/t21-/m1/s1. The zero-order valence-corrected chi connectivity index (χ0v) is 17.2. The summed E-state index contributed by atoms with van der Waals surface area (Å²) in [5.41, 5.74) is 6.70. The number of primary amides is 1. The second kappa shape index (κ2) is 8.29. The van der Waals surface area contributed by atoms with Gasteiger partial charge in [-0.15, -0.1) is 0 Å². The summed E-state index contributed by atoms with van der Waals surface area (Å²) in [5, 5.41) is 9.34. The smallest absolute Gasteiger partial charge is 0.406 e. The SMILES string of the molecule is NC(=O)O[C@@H]1c2ccccc2CCN1S(=O)(=O)c1ccc(Oc2ccc(O)cc2)cc1. The number of nitrogens with zero attached hydrogens (tertiary/aromatic N) is 1. The fraction of sp³-hybridized carbons (Fsp3) is 0.136. The zero-order chi connectivity index (χ0) is 22.0. The Labute approximate surface area is 179 Å². The molecule has 160 valence electrons. The van der Waals surface area contributed by atoms with Crippen LogP contribution in [0.2, 0.25) is 0 Å². The van der Waals surface area contributed by atoms with Gasteiger partial charge >= 0.3 is 6.09 Å². The number of phenols is 1. The molecule has 0 unspecified atom stereocenters. The van der Waals surface area contributed by atoms with Crippen molar-refractivity contribution in [3.05, 3.63) is 83.9 Å². The Hall–Kier alpha value is -3.56. The van der Waals surface area contributed by atoms with Gasteiger partial charge in [0.2, 0.25) is 10.0 Å². The van der Waals surface area contributed by atoms with E-state index in [1.807, 2.05) is 12.1 Å². The number of phenolic OH excluding ortho intramolecular Hbond substituents is 1. The molecule has 3 aromatic rings. The Bertz CT molecular complexity index is 1190. The van der Waals surface area contributed by atoms with Crippen molar-refractivity contribution >= 4 is 16.1 Å². The molecule has 0 radical (unpaired) electrons. The van der Waals surface area contributed by atoms with E-state index in [9.17, 15) is 18.3 Å². The predicted octanol–water partition coefficient (Wildman–Crippen LogP) is 3.53. The Balaban J connectivity index is 1.61. The molecule has 1 amide bonds. The average molecular weight is 440 g/mol. The maximum absolute atomic E-state index is 13.3. The van der Waals surface area contributed by atoms with E-state index in [-0.39, 0.29) is 17.2 Å². The van der Waals surface area contributed by atoms with E-state index >= 15 is 0 Å². The summed E-state index contributed by atoms with van der Waals surface area (Å²) in [5.74, 6) is 1.04. The Morgan fingerprint density at radius 2 is 1.58 bits per heavy atom. The maximum atomic E-state index is 13.3. The minimum Gasteiger partial charge on any atom is -0.508 e. The topological polar surface area (TPSA) is 119 Å². The molecule has 9 heteroatoms. The average Bonchev–Trinajstić information content (AvgIpc) is 2.75. The molecule has 31 heavy (non-hydrogen) atoms. The summed E-state index contributed by atoms with van der Waals surface area (Å²) < 4.78 is 38.6. The quantitative estimate of drug-likeness (QED) is 0.626. The number of hydrogen-bond donors (Lipinski definition) is 2. The second-order valence-electron chi connectivity index (χ2n) is 6.92. The summed E-state index contributed by atoms with van der Waals surface area (Å²) in [6, 6.07) is 19.3. The lowest BCUT2D eigenvalue weighted by atomic mass is 10.00. The van der Waals surface area contributed by atoms with Crippen LogP contribution in [0.3, 0.4) is 0 Å². The molecule has 0 aliphatic carbocycles. The van der Waals surface area contributed by atoms with E-state index in [0.29, 0.717) is 23.5 Å². The molecule has 0 fully saturated rings. The molecule has 1 atom stereocenters. The number of rotatable bonds is 5. The number of carbonyl (C=O) groups excluding carboxylic acids is 1. The van der Waals surface area contributed by atoms with Gasteiger partial charge in [0.05, 0.1) is 4.90 Å². The minimum atomic E-state index is -3.98. The molecule has 0 spiro atoms. The molecule has 3 aromatic carbocycles. The summed E-state index contributed by atoms with van der Waals surface area (Å²) >= 11 is 0. The minimum absolute atomic E-state index is 0.0306. The lowest BCUT2D eigenvalue weighted by Gasteiger charge is -2.35. The molecule has 8 nitrogen and oxygen atoms in total. The molecule has 0 saturated carbocycles. The third-order valence-electron chi connectivity index (χ3n) is 4.91. The number of nitrogens with two attached hydrogens (primary N) is 1. The largest absolute Gasteiger partial charge is 0.508 e. The molecule has 0 aromatic heterocycles. The van der Waals surface area contributed by atoms with Crippen molar-refractivity contribution in [3.8, 4) is 17.2 Å². The molecule has 1 aliphatic heterocycles. The van der Waals surface area contributed by atoms with Gasteiger partial charge in [0, 0.05) is 12.1 Å². The lowest BCUT2D eigenvalue weighted by molar-refractivity contribution is 0.0295. The number of aromatic hydroxyl groups is 1. The Morgan fingerprint density at radius 3 is 2.23 bits per heavy atom. The maximum Gasteiger partial charge on any atom is 0.406 e. The van der Waals surface area contributed by atoms with Gasteiger partial charge in [-0.3, -0.25) is 0 Å². The highest BCUT2D eigenvalue weighted by atomic mass is 32.2. The molecular formula is C22H20N2O6S. The van der Waals surface area contributed by atoms with Crippen LogP contribution in [0, 0.1) is 0 Å². The van der Waals surface area contributed by atoms with Crippen LogP contribution in [0.25, 0.3) is 0 Å². The number of benzene rings is 3. The number of ether oxygens (including phenoxy) is 2. The van der Waals surface area contributed by atoms with Crippen LogP contribution in [-0.4, -0.2) is 30.5 Å². The van der Waals surface area contributed by atoms with Crippen LogP contribution in [0.4, 0.5) is 4.79 Å². The van der Waals surface area contributed by atoms with Gasteiger partial charge in [-0.25, -0.2) is 13.2 Å². The van der Waals surface area contributed by atoms with Gasteiger partial charge in [-0.2, -0.15) is 4.31 Å². The molecule has 4 rings (SSSR count). The third kappa shape index (κ3) is 4.32. The fourth-order valence-electron chi connectivity index (χ4n) is 3.45. The molecule has 1 heterocycles. The van der Waals surface area contributed by atoms with Crippen LogP contribution < -0.4 is 10.5 Å². The van der Waals surface area contributed by atoms with Crippen molar-refractivity contribution in [3.63, 3.8) is 0 Å². The van der Waals surface area contributed by atoms with Gasteiger partial charge in [0.15, 0.2) is 6.23 Å². The van der Waals surface area contributed by atoms with E-state index < -0.39 is 22.3 Å². The molecule has 3 N–H and O–H groups in total. The highest BCUT2D eigenvalue weighted by Crippen LogP contribution is 2.35. The number of sulfonamides is 1. The normalized spacial score (nSPS) is 16.3. The van der Waals surface area contributed by atoms with Crippen LogP contribution in [0.1, 0.15) is 17.4 Å². The van der Waals surface area contributed by atoms with Gasteiger partial charge < -0.3 is 20.3 Å². The van der Waals surface area contributed by atoms with Crippen molar-refractivity contribution in [2.75, 3.05) is 6.54 Å².